The van der Waals surface area contributed by atoms with Crippen LogP contribution in [0.5, 0.6) is 0 Å². The predicted molar refractivity (Wildman–Crippen MR) is 89.7 cm³/mol. The van der Waals surface area contributed by atoms with Crippen LogP contribution in [0.1, 0.15) is 32.6 Å². The molecule has 0 spiro atoms. The van der Waals surface area contributed by atoms with Gasteiger partial charge in [-0.2, -0.15) is 0 Å². The number of rotatable bonds is 2. The Hall–Kier alpha value is -0.590. The molecule has 0 saturated carbocycles. The molecule has 1 atom stereocenters. The number of carbonyl (C=O) groups is 1. The Bertz CT molecular complexity index is 498. The normalized spacial score (nSPS) is 20.6. The lowest BCUT2D eigenvalue weighted by atomic mass is 10.2. The van der Waals surface area contributed by atoms with Gasteiger partial charge in [0, 0.05) is 47.0 Å². The number of nitrogens with zero attached hydrogens (tertiary/aromatic N) is 2. The number of halogens is 1. The van der Waals surface area contributed by atoms with Crippen LogP contribution in [0.15, 0.2) is 15.9 Å². The predicted octanol–water partition coefficient (Wildman–Crippen LogP) is 3.95. The molecule has 0 radical (unpaired) electrons. The highest BCUT2D eigenvalue weighted by molar-refractivity contribution is 9.10. The van der Waals surface area contributed by atoms with E-state index in [0.29, 0.717) is 0 Å². The molecule has 1 aromatic rings. The van der Waals surface area contributed by atoms with Gasteiger partial charge in [-0.25, -0.2) is 4.79 Å². The average molecular weight is 375 g/mol. The zero-order valence-electron chi connectivity index (χ0n) is 13.1. The van der Waals surface area contributed by atoms with E-state index in [2.05, 4.69) is 39.2 Å². The van der Waals surface area contributed by atoms with Crippen molar-refractivity contribution in [3.8, 4) is 0 Å². The molecule has 1 saturated heterocycles. The summed E-state index contributed by atoms with van der Waals surface area (Å²) in [6.45, 7) is 11.2. The van der Waals surface area contributed by atoms with Crippen molar-refractivity contribution < 1.29 is 9.53 Å². The number of thiophene rings is 1. The SMILES string of the molecule is C[C@H]1CN(Cc2cc(Br)cs2)CCN1C(=O)OC(C)(C)C. The Balaban J connectivity index is 1.88. The maximum Gasteiger partial charge on any atom is 0.410 e. The van der Waals surface area contributed by atoms with Gasteiger partial charge in [0.25, 0.3) is 0 Å². The number of ether oxygens (including phenoxy) is 1. The van der Waals surface area contributed by atoms with Crippen molar-refractivity contribution in [3.05, 3.63) is 20.8 Å². The fourth-order valence-corrected chi connectivity index (χ4v) is 3.92. The van der Waals surface area contributed by atoms with Gasteiger partial charge in [0.05, 0.1) is 0 Å². The summed E-state index contributed by atoms with van der Waals surface area (Å²) in [5.41, 5.74) is -0.433. The Kier molecular flexibility index (Phi) is 5.33. The summed E-state index contributed by atoms with van der Waals surface area (Å²) >= 11 is 5.25. The lowest BCUT2D eigenvalue weighted by Gasteiger charge is -2.40. The standard InChI is InChI=1S/C15H23BrN2O2S/c1-11-8-17(9-13-7-12(16)10-21-13)5-6-18(11)14(19)20-15(2,3)4/h7,10-11H,5-6,8-9H2,1-4H3/t11-/m0/s1. The maximum atomic E-state index is 12.2. The molecule has 4 nitrogen and oxygen atoms in total. The molecule has 2 rings (SSSR count). The molecule has 0 unspecified atom stereocenters. The van der Waals surface area contributed by atoms with Crippen LogP contribution < -0.4 is 0 Å². The van der Waals surface area contributed by atoms with Crippen molar-refractivity contribution in [1.82, 2.24) is 9.80 Å². The third-order valence-electron chi connectivity index (χ3n) is 3.34. The molecule has 21 heavy (non-hydrogen) atoms. The minimum atomic E-state index is -0.433. The van der Waals surface area contributed by atoms with Crippen molar-refractivity contribution in [2.24, 2.45) is 0 Å². The maximum absolute atomic E-state index is 12.2. The molecular weight excluding hydrogens is 352 g/mol. The zero-order chi connectivity index (χ0) is 15.6. The van der Waals surface area contributed by atoms with Gasteiger partial charge in [0.1, 0.15) is 5.60 Å². The van der Waals surface area contributed by atoms with Gasteiger partial charge in [-0.05, 0) is 49.7 Å². The van der Waals surface area contributed by atoms with Crippen LogP contribution in [-0.4, -0.2) is 47.2 Å². The van der Waals surface area contributed by atoms with Crippen molar-refractivity contribution in [3.63, 3.8) is 0 Å². The van der Waals surface area contributed by atoms with Gasteiger partial charge in [-0.15, -0.1) is 11.3 Å². The second kappa shape index (κ2) is 6.67. The van der Waals surface area contributed by atoms with Gasteiger partial charge in [-0.3, -0.25) is 4.90 Å². The highest BCUT2D eigenvalue weighted by Crippen LogP contribution is 2.23. The van der Waals surface area contributed by atoms with E-state index in [1.165, 1.54) is 4.88 Å². The monoisotopic (exact) mass is 374 g/mol. The first-order valence-corrected chi connectivity index (χ1v) is 8.87. The topological polar surface area (TPSA) is 32.8 Å². The molecule has 1 aliphatic rings. The number of carbonyl (C=O) groups excluding carboxylic acids is 1. The second-order valence-corrected chi connectivity index (χ2v) is 8.40. The molecule has 0 aromatic carbocycles. The van der Waals surface area contributed by atoms with E-state index in [1.54, 1.807) is 11.3 Å². The summed E-state index contributed by atoms with van der Waals surface area (Å²) in [5, 5.41) is 2.11. The summed E-state index contributed by atoms with van der Waals surface area (Å²) in [6.07, 6.45) is -0.200. The highest BCUT2D eigenvalue weighted by atomic mass is 79.9. The number of piperazine rings is 1. The van der Waals surface area contributed by atoms with Gasteiger partial charge in [-0.1, -0.05) is 0 Å². The first-order valence-electron chi connectivity index (χ1n) is 7.19. The minimum absolute atomic E-state index is 0.178. The van der Waals surface area contributed by atoms with Crippen molar-refractivity contribution >= 4 is 33.4 Å². The molecule has 1 fully saturated rings. The van der Waals surface area contributed by atoms with Crippen LogP contribution >= 0.6 is 27.3 Å². The largest absolute Gasteiger partial charge is 0.444 e. The van der Waals surface area contributed by atoms with Crippen LogP contribution in [0.25, 0.3) is 0 Å². The first-order chi connectivity index (χ1) is 9.74. The lowest BCUT2D eigenvalue weighted by molar-refractivity contribution is 0.000668. The molecule has 118 valence electrons. The molecule has 1 amide bonds. The van der Waals surface area contributed by atoms with Crippen LogP contribution in [0.3, 0.4) is 0 Å². The van der Waals surface area contributed by atoms with E-state index >= 15 is 0 Å². The summed E-state index contributed by atoms with van der Waals surface area (Å²) in [4.78, 5) is 17.8. The molecule has 0 bridgehead atoms. The fourth-order valence-electron chi connectivity index (χ4n) is 2.43. The van der Waals surface area contributed by atoms with Gasteiger partial charge in [0.2, 0.25) is 0 Å². The van der Waals surface area contributed by atoms with Gasteiger partial charge in [0.15, 0.2) is 0 Å². The lowest BCUT2D eigenvalue weighted by Crippen LogP contribution is -2.54. The summed E-state index contributed by atoms with van der Waals surface area (Å²) in [7, 11) is 0. The molecule has 0 N–H and O–H groups in total. The molecule has 0 aliphatic carbocycles. The summed E-state index contributed by atoms with van der Waals surface area (Å²) in [5.74, 6) is 0. The first kappa shape index (κ1) is 16.8. The quantitative estimate of drug-likeness (QED) is 0.785. The Morgan fingerprint density at radius 2 is 2.19 bits per heavy atom. The average Bonchev–Trinajstić information content (AvgIpc) is 2.72. The van der Waals surface area contributed by atoms with E-state index in [0.717, 1.165) is 30.7 Å². The second-order valence-electron chi connectivity index (χ2n) is 6.49. The van der Waals surface area contributed by atoms with Crippen LogP contribution in [-0.2, 0) is 11.3 Å². The Morgan fingerprint density at radius 3 is 2.71 bits per heavy atom. The zero-order valence-corrected chi connectivity index (χ0v) is 15.5. The molecule has 1 aliphatic heterocycles. The van der Waals surface area contributed by atoms with Gasteiger partial charge < -0.3 is 9.64 Å². The van der Waals surface area contributed by atoms with Crippen LogP contribution in [0, 0.1) is 0 Å². The third-order valence-corrected chi connectivity index (χ3v) is 5.02. The van der Waals surface area contributed by atoms with Crippen molar-refractivity contribution in [2.75, 3.05) is 19.6 Å². The number of hydrogen-bond acceptors (Lipinski definition) is 4. The minimum Gasteiger partial charge on any atom is -0.444 e. The Labute approximate surface area is 139 Å². The number of hydrogen-bond donors (Lipinski definition) is 0. The van der Waals surface area contributed by atoms with E-state index < -0.39 is 5.60 Å². The number of amides is 1. The third kappa shape index (κ3) is 4.97. The highest BCUT2D eigenvalue weighted by Gasteiger charge is 2.30. The van der Waals surface area contributed by atoms with Crippen molar-refractivity contribution in [1.29, 1.82) is 0 Å². The molecule has 1 aromatic heterocycles. The summed E-state index contributed by atoms with van der Waals surface area (Å²) in [6, 6.07) is 2.34. The van der Waals surface area contributed by atoms with E-state index in [1.807, 2.05) is 25.7 Å². The van der Waals surface area contributed by atoms with Crippen molar-refractivity contribution in [2.45, 2.75) is 45.9 Å². The fraction of sp³-hybridized carbons (Fsp3) is 0.667. The smallest absolute Gasteiger partial charge is 0.410 e. The van der Waals surface area contributed by atoms with Gasteiger partial charge >= 0.3 is 6.09 Å². The Morgan fingerprint density at radius 1 is 1.48 bits per heavy atom. The van der Waals surface area contributed by atoms with E-state index in [-0.39, 0.29) is 12.1 Å². The summed E-state index contributed by atoms with van der Waals surface area (Å²) < 4.78 is 6.61. The van der Waals surface area contributed by atoms with Crippen LogP contribution in [0.2, 0.25) is 0 Å². The van der Waals surface area contributed by atoms with E-state index in [4.69, 9.17) is 4.74 Å². The molecular formula is C15H23BrN2O2S. The molecule has 2 heterocycles. The van der Waals surface area contributed by atoms with E-state index in [9.17, 15) is 4.79 Å². The molecule has 6 heteroatoms. The van der Waals surface area contributed by atoms with Crippen LogP contribution in [0.4, 0.5) is 4.79 Å².